The maximum atomic E-state index is 12.6. The van der Waals surface area contributed by atoms with Crippen molar-refractivity contribution in [3.63, 3.8) is 0 Å². The van der Waals surface area contributed by atoms with Crippen molar-refractivity contribution in [3.8, 4) is 0 Å². The maximum Gasteiger partial charge on any atom is 0.257 e. The van der Waals surface area contributed by atoms with E-state index in [1.807, 2.05) is 17.9 Å². The van der Waals surface area contributed by atoms with Gasteiger partial charge in [-0.15, -0.1) is 0 Å². The molecule has 6 nitrogen and oxygen atoms in total. The van der Waals surface area contributed by atoms with Crippen molar-refractivity contribution < 1.29 is 18.7 Å². The Morgan fingerprint density at radius 3 is 2.87 bits per heavy atom. The highest BCUT2D eigenvalue weighted by Crippen LogP contribution is 2.17. The third-order valence-corrected chi connectivity index (χ3v) is 4.50. The van der Waals surface area contributed by atoms with Crippen LogP contribution >= 0.6 is 0 Å². The van der Waals surface area contributed by atoms with Gasteiger partial charge in [-0.25, -0.2) is 0 Å². The van der Waals surface area contributed by atoms with Gasteiger partial charge in [0, 0.05) is 32.8 Å². The average molecular weight is 322 g/mol. The Kier molecular flexibility index (Phi) is 5.70. The molecule has 2 aliphatic heterocycles. The molecule has 0 aliphatic carbocycles. The fourth-order valence-corrected chi connectivity index (χ4v) is 3.13. The van der Waals surface area contributed by atoms with Crippen LogP contribution in [0.25, 0.3) is 0 Å². The van der Waals surface area contributed by atoms with Crippen LogP contribution in [0.15, 0.2) is 16.7 Å². The standard InChI is InChI=1S/C17H26N2O4/c1-2-19(12-15-4-3-7-22-15)17(20)14-10-16(23-13-14)11-18-5-8-21-9-6-18/h10,13,15H,2-9,11-12H2,1H3/t15-/m1/s1. The molecule has 1 aromatic rings. The molecule has 0 bridgehead atoms. The molecule has 0 radical (unpaired) electrons. The van der Waals surface area contributed by atoms with Gasteiger partial charge < -0.3 is 18.8 Å². The first-order valence-corrected chi connectivity index (χ1v) is 8.54. The van der Waals surface area contributed by atoms with Gasteiger partial charge in [-0.3, -0.25) is 9.69 Å². The molecule has 1 atom stereocenters. The van der Waals surface area contributed by atoms with E-state index in [-0.39, 0.29) is 12.0 Å². The van der Waals surface area contributed by atoms with Crippen LogP contribution in [0.1, 0.15) is 35.9 Å². The van der Waals surface area contributed by atoms with E-state index in [0.717, 1.165) is 58.1 Å². The monoisotopic (exact) mass is 322 g/mol. The third-order valence-electron chi connectivity index (χ3n) is 4.50. The second-order valence-corrected chi connectivity index (χ2v) is 6.17. The van der Waals surface area contributed by atoms with E-state index in [4.69, 9.17) is 13.9 Å². The molecule has 0 saturated carbocycles. The summed E-state index contributed by atoms with van der Waals surface area (Å²) in [6, 6.07) is 1.87. The first-order chi connectivity index (χ1) is 11.3. The van der Waals surface area contributed by atoms with Gasteiger partial charge in [0.05, 0.1) is 31.4 Å². The molecule has 2 aliphatic rings. The van der Waals surface area contributed by atoms with Gasteiger partial charge in [-0.1, -0.05) is 0 Å². The molecule has 3 heterocycles. The molecule has 0 unspecified atom stereocenters. The summed E-state index contributed by atoms with van der Waals surface area (Å²) >= 11 is 0. The zero-order valence-corrected chi connectivity index (χ0v) is 13.8. The topological polar surface area (TPSA) is 55.2 Å². The molecule has 3 rings (SSSR count). The first-order valence-electron chi connectivity index (χ1n) is 8.54. The van der Waals surface area contributed by atoms with Crippen LogP contribution in [0.2, 0.25) is 0 Å². The number of nitrogens with zero attached hydrogens (tertiary/aromatic N) is 2. The van der Waals surface area contributed by atoms with E-state index in [1.165, 1.54) is 0 Å². The zero-order chi connectivity index (χ0) is 16.1. The minimum Gasteiger partial charge on any atom is -0.467 e. The predicted molar refractivity (Wildman–Crippen MR) is 85.4 cm³/mol. The minimum absolute atomic E-state index is 0.0278. The number of carbonyl (C=O) groups excluding carboxylic acids is 1. The van der Waals surface area contributed by atoms with E-state index >= 15 is 0 Å². The van der Waals surface area contributed by atoms with Crippen LogP contribution in [0, 0.1) is 0 Å². The number of carbonyl (C=O) groups is 1. The van der Waals surface area contributed by atoms with Crippen LogP contribution in [0.4, 0.5) is 0 Å². The highest BCUT2D eigenvalue weighted by molar-refractivity contribution is 5.94. The average Bonchev–Trinajstić information content (AvgIpc) is 3.25. The predicted octanol–water partition coefficient (Wildman–Crippen LogP) is 1.75. The largest absolute Gasteiger partial charge is 0.467 e. The lowest BCUT2D eigenvalue weighted by Gasteiger charge is -2.25. The van der Waals surface area contributed by atoms with Crippen LogP contribution in [-0.4, -0.2) is 67.8 Å². The van der Waals surface area contributed by atoms with E-state index in [9.17, 15) is 4.79 Å². The zero-order valence-electron chi connectivity index (χ0n) is 13.8. The molecule has 0 aromatic carbocycles. The summed E-state index contributed by atoms with van der Waals surface area (Å²) in [5, 5.41) is 0. The van der Waals surface area contributed by atoms with Gasteiger partial charge in [-0.2, -0.15) is 0 Å². The van der Waals surface area contributed by atoms with Crippen LogP contribution in [0.5, 0.6) is 0 Å². The molecule has 2 saturated heterocycles. The summed E-state index contributed by atoms with van der Waals surface area (Å²) in [6.45, 7) is 8.23. The maximum absolute atomic E-state index is 12.6. The Morgan fingerprint density at radius 1 is 1.35 bits per heavy atom. The number of likely N-dealkylation sites (N-methyl/N-ethyl adjacent to an activating group) is 1. The van der Waals surface area contributed by atoms with Crippen molar-refractivity contribution in [1.82, 2.24) is 9.80 Å². The highest BCUT2D eigenvalue weighted by Gasteiger charge is 2.23. The lowest BCUT2D eigenvalue weighted by molar-refractivity contribution is 0.0313. The SMILES string of the molecule is CCN(C[C@H]1CCCO1)C(=O)c1coc(CN2CCOCC2)c1. The molecular formula is C17H26N2O4. The van der Waals surface area contributed by atoms with Crippen molar-refractivity contribution in [1.29, 1.82) is 0 Å². The molecule has 6 heteroatoms. The second-order valence-electron chi connectivity index (χ2n) is 6.17. The molecular weight excluding hydrogens is 296 g/mol. The summed E-state index contributed by atoms with van der Waals surface area (Å²) in [6.07, 6.45) is 3.89. The van der Waals surface area contributed by atoms with Crippen LogP contribution < -0.4 is 0 Å². The highest BCUT2D eigenvalue weighted by atomic mass is 16.5. The second kappa shape index (κ2) is 7.95. The van der Waals surface area contributed by atoms with E-state index in [1.54, 1.807) is 6.26 Å². The molecule has 1 aromatic heterocycles. The third kappa shape index (κ3) is 4.34. The Labute approximate surface area is 137 Å². The van der Waals surface area contributed by atoms with Crippen LogP contribution in [0.3, 0.4) is 0 Å². The number of rotatable bonds is 6. The van der Waals surface area contributed by atoms with Gasteiger partial charge >= 0.3 is 0 Å². The van der Waals surface area contributed by atoms with Crippen molar-refractivity contribution in [3.05, 3.63) is 23.7 Å². The molecule has 1 amide bonds. The normalized spacial score (nSPS) is 22.4. The summed E-state index contributed by atoms with van der Waals surface area (Å²) in [5.74, 6) is 0.864. The van der Waals surface area contributed by atoms with Gasteiger partial charge in [0.2, 0.25) is 0 Å². The van der Waals surface area contributed by atoms with Gasteiger partial charge in [0.1, 0.15) is 12.0 Å². The number of hydrogen-bond acceptors (Lipinski definition) is 5. The number of furan rings is 1. The number of morpholine rings is 1. The Morgan fingerprint density at radius 2 is 2.17 bits per heavy atom. The fraction of sp³-hybridized carbons (Fsp3) is 0.706. The van der Waals surface area contributed by atoms with Gasteiger partial charge in [-0.05, 0) is 25.8 Å². The van der Waals surface area contributed by atoms with Crippen LogP contribution in [-0.2, 0) is 16.0 Å². The van der Waals surface area contributed by atoms with E-state index < -0.39 is 0 Å². The lowest BCUT2D eigenvalue weighted by Crippen LogP contribution is -2.37. The molecule has 128 valence electrons. The Hall–Kier alpha value is -1.37. The number of ether oxygens (including phenoxy) is 2. The van der Waals surface area contributed by atoms with Crippen molar-refractivity contribution in [2.75, 3.05) is 46.0 Å². The summed E-state index contributed by atoms with van der Waals surface area (Å²) in [4.78, 5) is 16.8. The van der Waals surface area contributed by atoms with Gasteiger partial charge in [0.15, 0.2) is 0 Å². The quantitative estimate of drug-likeness (QED) is 0.799. The van der Waals surface area contributed by atoms with E-state index in [0.29, 0.717) is 18.7 Å². The smallest absolute Gasteiger partial charge is 0.257 e. The van der Waals surface area contributed by atoms with Crippen molar-refractivity contribution in [2.24, 2.45) is 0 Å². The van der Waals surface area contributed by atoms with Crippen molar-refractivity contribution >= 4 is 5.91 Å². The Balaban J connectivity index is 1.57. The number of amides is 1. The lowest BCUT2D eigenvalue weighted by atomic mass is 10.2. The van der Waals surface area contributed by atoms with E-state index in [2.05, 4.69) is 4.90 Å². The molecule has 0 N–H and O–H groups in total. The Bertz CT molecular complexity index is 504. The van der Waals surface area contributed by atoms with Crippen molar-refractivity contribution in [2.45, 2.75) is 32.4 Å². The molecule has 0 spiro atoms. The summed E-state index contributed by atoms with van der Waals surface area (Å²) in [7, 11) is 0. The summed E-state index contributed by atoms with van der Waals surface area (Å²) in [5.41, 5.74) is 0.633. The minimum atomic E-state index is 0.0278. The molecule has 2 fully saturated rings. The number of hydrogen-bond donors (Lipinski definition) is 0. The fourth-order valence-electron chi connectivity index (χ4n) is 3.13. The summed E-state index contributed by atoms with van der Waals surface area (Å²) < 4.78 is 16.6. The molecule has 23 heavy (non-hydrogen) atoms. The first kappa shape index (κ1) is 16.5. The van der Waals surface area contributed by atoms with Gasteiger partial charge in [0.25, 0.3) is 5.91 Å².